The first-order valence-electron chi connectivity index (χ1n) is 7.98. The van der Waals surface area contributed by atoms with Crippen molar-refractivity contribution >= 4 is 29.3 Å². The molecule has 0 radical (unpaired) electrons. The van der Waals surface area contributed by atoms with Gasteiger partial charge in [0.2, 0.25) is 11.8 Å². The molecule has 5 heteroatoms. The van der Waals surface area contributed by atoms with E-state index in [1.807, 2.05) is 30.3 Å². The van der Waals surface area contributed by atoms with Crippen LogP contribution in [0.3, 0.4) is 0 Å². The van der Waals surface area contributed by atoms with Gasteiger partial charge in [0, 0.05) is 17.9 Å². The van der Waals surface area contributed by atoms with Gasteiger partial charge in [-0.15, -0.1) is 11.8 Å². The molecule has 0 aliphatic carbocycles. The third-order valence-electron chi connectivity index (χ3n) is 3.89. The van der Waals surface area contributed by atoms with Crippen LogP contribution in [-0.2, 0) is 22.6 Å². The second-order valence-electron chi connectivity index (χ2n) is 5.93. The molecule has 0 saturated carbocycles. The summed E-state index contributed by atoms with van der Waals surface area (Å²) in [5.74, 6) is 0.515. The Balaban J connectivity index is 1.51. The number of carbonyl (C=O) groups excluding carboxylic acids is 2. The molecule has 4 nitrogen and oxygen atoms in total. The molecule has 3 rings (SSSR count). The summed E-state index contributed by atoms with van der Waals surface area (Å²) >= 11 is 1.54. The summed E-state index contributed by atoms with van der Waals surface area (Å²) in [6.07, 6.45) is 1.21. The highest BCUT2D eigenvalue weighted by molar-refractivity contribution is 8.00. The molecule has 0 fully saturated rings. The Morgan fingerprint density at radius 1 is 1.21 bits per heavy atom. The van der Waals surface area contributed by atoms with Gasteiger partial charge in [-0.05, 0) is 36.6 Å². The van der Waals surface area contributed by atoms with E-state index in [4.69, 9.17) is 0 Å². The summed E-state index contributed by atoms with van der Waals surface area (Å²) in [5, 5.41) is 5.81. The van der Waals surface area contributed by atoms with E-state index in [1.54, 1.807) is 0 Å². The lowest BCUT2D eigenvalue weighted by Gasteiger charge is -2.17. The first-order chi connectivity index (χ1) is 11.6. The lowest BCUT2D eigenvalue weighted by atomic mass is 10.1. The monoisotopic (exact) mass is 340 g/mol. The van der Waals surface area contributed by atoms with Gasteiger partial charge < -0.3 is 10.6 Å². The average molecular weight is 340 g/mol. The Bertz CT molecular complexity index is 774. The molecule has 1 heterocycles. The maximum atomic E-state index is 12.0. The molecule has 1 aliphatic heterocycles. The topological polar surface area (TPSA) is 58.2 Å². The molecule has 2 aromatic carbocycles. The van der Waals surface area contributed by atoms with Crippen LogP contribution in [0.15, 0.2) is 47.4 Å². The van der Waals surface area contributed by atoms with E-state index in [2.05, 4.69) is 29.7 Å². The van der Waals surface area contributed by atoms with E-state index in [-0.39, 0.29) is 11.8 Å². The fraction of sp³-hybridized carbons (Fsp3) is 0.263. The summed E-state index contributed by atoms with van der Waals surface area (Å²) in [5.41, 5.74) is 4.21. The Morgan fingerprint density at radius 2 is 2.08 bits per heavy atom. The van der Waals surface area contributed by atoms with Crippen LogP contribution in [0, 0.1) is 6.92 Å². The van der Waals surface area contributed by atoms with Gasteiger partial charge in [0.15, 0.2) is 0 Å². The second-order valence-corrected chi connectivity index (χ2v) is 6.95. The van der Waals surface area contributed by atoms with Crippen molar-refractivity contribution in [2.24, 2.45) is 0 Å². The Labute approximate surface area is 146 Å². The fourth-order valence-electron chi connectivity index (χ4n) is 2.65. The molecular weight excluding hydrogens is 320 g/mol. The zero-order chi connectivity index (χ0) is 16.9. The van der Waals surface area contributed by atoms with E-state index >= 15 is 0 Å². The Hall–Kier alpha value is -2.27. The van der Waals surface area contributed by atoms with Crippen molar-refractivity contribution in [2.45, 2.75) is 31.2 Å². The van der Waals surface area contributed by atoms with E-state index in [9.17, 15) is 9.59 Å². The van der Waals surface area contributed by atoms with Crippen LogP contribution in [0.1, 0.15) is 23.1 Å². The number of hydrogen-bond donors (Lipinski definition) is 2. The fourth-order valence-corrected chi connectivity index (χ4v) is 3.44. The van der Waals surface area contributed by atoms with Crippen molar-refractivity contribution in [1.82, 2.24) is 5.32 Å². The van der Waals surface area contributed by atoms with E-state index in [1.165, 1.54) is 22.9 Å². The number of fused-ring (bicyclic) bond motifs is 1. The molecule has 0 spiro atoms. The van der Waals surface area contributed by atoms with Crippen LogP contribution in [-0.4, -0.2) is 17.6 Å². The summed E-state index contributed by atoms with van der Waals surface area (Å²) in [7, 11) is 0. The van der Waals surface area contributed by atoms with Crippen LogP contribution in [0.4, 0.5) is 5.69 Å². The smallest absolute Gasteiger partial charge is 0.234 e. The normalized spacial score (nSPS) is 13.1. The molecule has 1 aliphatic rings. The molecule has 0 unspecified atom stereocenters. The minimum absolute atomic E-state index is 0.0202. The SMILES string of the molecule is Cc1cccc(CCC(=O)NCc2ccc3c(c2)NC(=O)CS3)c1. The van der Waals surface area contributed by atoms with Gasteiger partial charge in [-0.25, -0.2) is 0 Å². The zero-order valence-corrected chi connectivity index (χ0v) is 14.4. The molecule has 0 saturated heterocycles. The second kappa shape index (κ2) is 7.53. The molecule has 124 valence electrons. The molecule has 0 bridgehead atoms. The molecule has 2 N–H and O–H groups in total. The minimum atomic E-state index is 0.0202. The van der Waals surface area contributed by atoms with Crippen LogP contribution < -0.4 is 10.6 Å². The van der Waals surface area contributed by atoms with Crippen LogP contribution in [0.2, 0.25) is 0 Å². The lowest BCUT2D eigenvalue weighted by Crippen LogP contribution is -2.23. The minimum Gasteiger partial charge on any atom is -0.352 e. The van der Waals surface area contributed by atoms with Crippen molar-refractivity contribution in [3.05, 3.63) is 59.2 Å². The van der Waals surface area contributed by atoms with E-state index < -0.39 is 0 Å². The van der Waals surface area contributed by atoms with E-state index in [0.717, 1.165) is 22.6 Å². The number of benzene rings is 2. The maximum absolute atomic E-state index is 12.0. The van der Waals surface area contributed by atoms with Gasteiger partial charge in [-0.1, -0.05) is 35.9 Å². The summed E-state index contributed by atoms with van der Waals surface area (Å²) in [6.45, 7) is 2.52. The number of anilines is 1. The van der Waals surface area contributed by atoms with Gasteiger partial charge in [-0.3, -0.25) is 9.59 Å². The molecule has 0 atom stereocenters. The number of thioether (sulfide) groups is 1. The van der Waals surface area contributed by atoms with Gasteiger partial charge in [-0.2, -0.15) is 0 Å². The highest BCUT2D eigenvalue weighted by atomic mass is 32.2. The van der Waals surface area contributed by atoms with Gasteiger partial charge >= 0.3 is 0 Å². The largest absolute Gasteiger partial charge is 0.352 e. The maximum Gasteiger partial charge on any atom is 0.234 e. The molecule has 2 amide bonds. The van der Waals surface area contributed by atoms with Gasteiger partial charge in [0.05, 0.1) is 11.4 Å². The first-order valence-corrected chi connectivity index (χ1v) is 8.96. The average Bonchev–Trinajstić information content (AvgIpc) is 2.58. The highest BCUT2D eigenvalue weighted by Crippen LogP contribution is 2.31. The Kier molecular flexibility index (Phi) is 5.20. The van der Waals surface area contributed by atoms with Gasteiger partial charge in [0.1, 0.15) is 0 Å². The standard InChI is InChI=1S/C19H20N2O2S/c1-13-3-2-4-14(9-13)6-8-18(22)20-11-15-5-7-17-16(10-15)21-19(23)12-24-17/h2-5,7,9-10H,6,8,11-12H2,1H3,(H,20,22)(H,21,23). The number of carbonyl (C=O) groups is 2. The number of aryl methyl sites for hydroxylation is 2. The van der Waals surface area contributed by atoms with E-state index in [0.29, 0.717) is 18.7 Å². The number of nitrogens with one attached hydrogen (secondary N) is 2. The number of hydrogen-bond acceptors (Lipinski definition) is 3. The third kappa shape index (κ3) is 4.38. The lowest BCUT2D eigenvalue weighted by molar-refractivity contribution is -0.121. The summed E-state index contributed by atoms with van der Waals surface area (Å²) in [6, 6.07) is 14.1. The Morgan fingerprint density at radius 3 is 2.92 bits per heavy atom. The number of amides is 2. The molecular formula is C19H20N2O2S. The van der Waals surface area contributed by atoms with Crippen molar-refractivity contribution < 1.29 is 9.59 Å². The predicted molar refractivity (Wildman–Crippen MR) is 97.1 cm³/mol. The van der Waals surface area contributed by atoms with Crippen molar-refractivity contribution in [3.63, 3.8) is 0 Å². The quantitative estimate of drug-likeness (QED) is 0.878. The third-order valence-corrected chi connectivity index (χ3v) is 4.96. The highest BCUT2D eigenvalue weighted by Gasteiger charge is 2.15. The predicted octanol–water partition coefficient (Wildman–Crippen LogP) is 3.29. The summed E-state index contributed by atoms with van der Waals surface area (Å²) in [4.78, 5) is 24.5. The first kappa shape index (κ1) is 16.6. The van der Waals surface area contributed by atoms with Crippen molar-refractivity contribution in [1.29, 1.82) is 0 Å². The van der Waals surface area contributed by atoms with Crippen LogP contribution in [0.25, 0.3) is 0 Å². The molecule has 24 heavy (non-hydrogen) atoms. The molecule has 2 aromatic rings. The zero-order valence-electron chi connectivity index (χ0n) is 13.6. The van der Waals surface area contributed by atoms with Crippen molar-refractivity contribution in [3.8, 4) is 0 Å². The van der Waals surface area contributed by atoms with Crippen LogP contribution in [0.5, 0.6) is 0 Å². The summed E-state index contributed by atoms with van der Waals surface area (Å²) < 4.78 is 0. The van der Waals surface area contributed by atoms with Crippen molar-refractivity contribution in [2.75, 3.05) is 11.1 Å². The molecule has 0 aromatic heterocycles. The number of rotatable bonds is 5. The van der Waals surface area contributed by atoms with Gasteiger partial charge in [0.25, 0.3) is 0 Å². The van der Waals surface area contributed by atoms with Crippen LogP contribution >= 0.6 is 11.8 Å².